The van der Waals surface area contributed by atoms with E-state index in [0.717, 1.165) is 38.9 Å². The van der Waals surface area contributed by atoms with E-state index >= 15 is 0 Å². The molecule has 1 spiro atoms. The molecule has 0 radical (unpaired) electrons. The number of hydrogen-bond donors (Lipinski definition) is 0. The number of carbonyl (C=O) groups is 1. The second kappa shape index (κ2) is 6.60. The highest BCUT2D eigenvalue weighted by Gasteiger charge is 2.46. The van der Waals surface area contributed by atoms with Gasteiger partial charge in [-0.3, -0.25) is 4.79 Å². The number of nitrogens with zero attached hydrogens (tertiary/aromatic N) is 2. The average molecular weight is 318 g/mol. The molecule has 2 saturated heterocycles. The third-order valence-corrected chi connectivity index (χ3v) is 5.37. The standard InChI is InChI=1S/C19H27FN2O/c1-15(2)13-21-11-9-19(10-12-21)8-7-18(23)22(19)14-16-5-3-4-6-17(16)20/h3-6,15H,7-14H2,1-2H3. The number of amides is 1. The average Bonchev–Trinajstić information content (AvgIpc) is 2.81. The summed E-state index contributed by atoms with van der Waals surface area (Å²) in [5.74, 6) is 0.647. The molecule has 126 valence electrons. The van der Waals surface area contributed by atoms with Gasteiger partial charge in [-0.2, -0.15) is 0 Å². The number of likely N-dealkylation sites (tertiary alicyclic amines) is 2. The fourth-order valence-corrected chi connectivity index (χ4v) is 4.12. The van der Waals surface area contributed by atoms with Gasteiger partial charge in [0, 0.05) is 43.7 Å². The zero-order valence-corrected chi connectivity index (χ0v) is 14.2. The highest BCUT2D eigenvalue weighted by atomic mass is 19.1. The number of hydrogen-bond acceptors (Lipinski definition) is 2. The Balaban J connectivity index is 1.72. The predicted octanol–water partition coefficient (Wildman–Crippen LogP) is 3.44. The quantitative estimate of drug-likeness (QED) is 0.849. The van der Waals surface area contributed by atoms with Gasteiger partial charge in [-0.05, 0) is 31.2 Å². The lowest BCUT2D eigenvalue weighted by atomic mass is 9.84. The first-order chi connectivity index (χ1) is 11.0. The van der Waals surface area contributed by atoms with Crippen LogP contribution in [0.1, 0.15) is 45.1 Å². The summed E-state index contributed by atoms with van der Waals surface area (Å²) in [7, 11) is 0. The van der Waals surface area contributed by atoms with E-state index in [1.54, 1.807) is 12.1 Å². The SMILES string of the molecule is CC(C)CN1CCC2(CCC(=O)N2Cc2ccccc2F)CC1. The lowest BCUT2D eigenvalue weighted by molar-refractivity contribution is -0.133. The molecule has 0 unspecified atom stereocenters. The number of carbonyl (C=O) groups excluding carboxylic acids is 1. The van der Waals surface area contributed by atoms with Crippen molar-refractivity contribution < 1.29 is 9.18 Å². The summed E-state index contributed by atoms with van der Waals surface area (Å²) < 4.78 is 14.0. The molecule has 2 aliphatic rings. The van der Waals surface area contributed by atoms with E-state index in [4.69, 9.17) is 0 Å². The highest BCUT2D eigenvalue weighted by molar-refractivity contribution is 5.79. The number of piperidine rings is 1. The van der Waals surface area contributed by atoms with Gasteiger partial charge in [-0.1, -0.05) is 32.0 Å². The lowest BCUT2D eigenvalue weighted by Crippen LogP contribution is -2.53. The van der Waals surface area contributed by atoms with E-state index in [9.17, 15) is 9.18 Å². The normalized spacial score (nSPS) is 21.6. The van der Waals surface area contributed by atoms with Crippen molar-refractivity contribution in [3.05, 3.63) is 35.6 Å². The molecule has 0 N–H and O–H groups in total. The van der Waals surface area contributed by atoms with Gasteiger partial charge < -0.3 is 9.80 Å². The second-order valence-electron chi connectivity index (χ2n) is 7.49. The van der Waals surface area contributed by atoms with Crippen LogP contribution in [0.15, 0.2) is 24.3 Å². The first kappa shape index (κ1) is 16.4. The largest absolute Gasteiger partial charge is 0.332 e. The van der Waals surface area contributed by atoms with Gasteiger partial charge in [0.05, 0.1) is 0 Å². The van der Waals surface area contributed by atoms with Gasteiger partial charge in [-0.25, -0.2) is 4.39 Å². The van der Waals surface area contributed by atoms with Crippen molar-refractivity contribution >= 4 is 5.91 Å². The maximum Gasteiger partial charge on any atom is 0.223 e. The molecule has 3 rings (SSSR count). The Morgan fingerprint density at radius 3 is 2.52 bits per heavy atom. The molecule has 0 aromatic heterocycles. The fraction of sp³-hybridized carbons (Fsp3) is 0.632. The Bertz CT molecular complexity index is 564. The Hall–Kier alpha value is -1.42. The molecule has 2 aliphatic heterocycles. The number of halogens is 1. The lowest BCUT2D eigenvalue weighted by Gasteiger charge is -2.45. The molecule has 1 amide bonds. The van der Waals surface area contributed by atoms with Crippen molar-refractivity contribution in [1.29, 1.82) is 0 Å². The highest BCUT2D eigenvalue weighted by Crippen LogP contribution is 2.40. The summed E-state index contributed by atoms with van der Waals surface area (Å²) in [6, 6.07) is 6.82. The Labute approximate surface area is 138 Å². The fourth-order valence-electron chi connectivity index (χ4n) is 4.12. The molecule has 2 fully saturated rings. The molecule has 2 heterocycles. The minimum atomic E-state index is -0.209. The van der Waals surface area contributed by atoms with Gasteiger partial charge >= 0.3 is 0 Å². The molecular formula is C19H27FN2O. The van der Waals surface area contributed by atoms with E-state index in [1.807, 2.05) is 11.0 Å². The van der Waals surface area contributed by atoms with Gasteiger partial charge in [0.1, 0.15) is 5.82 Å². The van der Waals surface area contributed by atoms with Crippen molar-refractivity contribution in [2.75, 3.05) is 19.6 Å². The summed E-state index contributed by atoms with van der Waals surface area (Å²) in [5.41, 5.74) is 0.582. The Morgan fingerprint density at radius 2 is 1.87 bits per heavy atom. The summed E-state index contributed by atoms with van der Waals surface area (Å²) in [6.07, 6.45) is 3.56. The molecule has 0 aliphatic carbocycles. The van der Waals surface area contributed by atoms with Crippen LogP contribution in [0, 0.1) is 11.7 Å². The molecule has 1 aromatic rings. The predicted molar refractivity (Wildman–Crippen MR) is 89.4 cm³/mol. The van der Waals surface area contributed by atoms with E-state index in [-0.39, 0.29) is 17.3 Å². The van der Waals surface area contributed by atoms with Crippen LogP contribution in [0.5, 0.6) is 0 Å². The molecule has 0 bridgehead atoms. The number of rotatable bonds is 4. The third kappa shape index (κ3) is 3.42. The summed E-state index contributed by atoms with van der Waals surface area (Å²) in [4.78, 5) is 16.9. The van der Waals surface area contributed by atoms with Crippen LogP contribution < -0.4 is 0 Å². The molecule has 4 heteroatoms. The van der Waals surface area contributed by atoms with Crippen LogP contribution in [0.25, 0.3) is 0 Å². The smallest absolute Gasteiger partial charge is 0.223 e. The van der Waals surface area contributed by atoms with Gasteiger partial charge in [-0.15, -0.1) is 0 Å². The maximum atomic E-state index is 14.0. The topological polar surface area (TPSA) is 23.6 Å². The van der Waals surface area contributed by atoms with E-state index in [1.165, 1.54) is 6.07 Å². The minimum Gasteiger partial charge on any atom is -0.332 e. The number of benzene rings is 1. The van der Waals surface area contributed by atoms with E-state index in [2.05, 4.69) is 18.7 Å². The van der Waals surface area contributed by atoms with Crippen molar-refractivity contribution in [3.63, 3.8) is 0 Å². The molecule has 0 atom stereocenters. The third-order valence-electron chi connectivity index (χ3n) is 5.37. The van der Waals surface area contributed by atoms with Crippen molar-refractivity contribution in [3.8, 4) is 0 Å². The first-order valence-corrected chi connectivity index (χ1v) is 8.76. The Kier molecular flexibility index (Phi) is 4.72. The van der Waals surface area contributed by atoms with Crippen molar-refractivity contribution in [2.24, 2.45) is 5.92 Å². The maximum absolute atomic E-state index is 14.0. The van der Waals surface area contributed by atoms with Crippen LogP contribution in [-0.4, -0.2) is 40.9 Å². The second-order valence-corrected chi connectivity index (χ2v) is 7.49. The molecule has 1 aromatic carbocycles. The molecule has 0 saturated carbocycles. The summed E-state index contributed by atoms with van der Waals surface area (Å²) >= 11 is 0. The summed E-state index contributed by atoms with van der Waals surface area (Å²) in [6.45, 7) is 8.10. The van der Waals surface area contributed by atoms with Gasteiger partial charge in [0.15, 0.2) is 0 Å². The minimum absolute atomic E-state index is 0.0488. The molecule has 23 heavy (non-hydrogen) atoms. The van der Waals surface area contributed by atoms with Crippen molar-refractivity contribution in [2.45, 2.75) is 51.6 Å². The van der Waals surface area contributed by atoms with Crippen molar-refractivity contribution in [1.82, 2.24) is 9.80 Å². The monoisotopic (exact) mass is 318 g/mol. The van der Waals surface area contributed by atoms with Gasteiger partial charge in [0.25, 0.3) is 0 Å². The summed E-state index contributed by atoms with van der Waals surface area (Å²) in [5, 5.41) is 0. The van der Waals surface area contributed by atoms with Crippen LogP contribution in [-0.2, 0) is 11.3 Å². The van der Waals surface area contributed by atoms with Crippen LogP contribution in [0.2, 0.25) is 0 Å². The van der Waals surface area contributed by atoms with Crippen LogP contribution in [0.3, 0.4) is 0 Å². The first-order valence-electron chi connectivity index (χ1n) is 8.76. The van der Waals surface area contributed by atoms with Crippen LogP contribution in [0.4, 0.5) is 4.39 Å². The molecular weight excluding hydrogens is 291 g/mol. The van der Waals surface area contributed by atoms with E-state index < -0.39 is 0 Å². The van der Waals surface area contributed by atoms with E-state index in [0.29, 0.717) is 24.4 Å². The van der Waals surface area contributed by atoms with Crippen LogP contribution >= 0.6 is 0 Å². The zero-order valence-electron chi connectivity index (χ0n) is 14.2. The Morgan fingerprint density at radius 1 is 1.17 bits per heavy atom. The molecule has 3 nitrogen and oxygen atoms in total. The zero-order chi connectivity index (χ0) is 16.4. The van der Waals surface area contributed by atoms with Gasteiger partial charge in [0.2, 0.25) is 5.91 Å².